The molecule has 1 aliphatic heterocycles. The lowest BCUT2D eigenvalue weighted by Gasteiger charge is -2.30. The fourth-order valence-electron chi connectivity index (χ4n) is 3.23. The number of benzene rings is 1. The van der Waals surface area contributed by atoms with Crippen LogP contribution in [0.4, 0.5) is 5.69 Å². The van der Waals surface area contributed by atoms with Crippen LogP contribution in [0.1, 0.15) is 46.1 Å². The van der Waals surface area contributed by atoms with Crippen molar-refractivity contribution in [2.45, 2.75) is 40.5 Å². The van der Waals surface area contributed by atoms with E-state index >= 15 is 0 Å². The van der Waals surface area contributed by atoms with Crippen molar-refractivity contribution < 1.29 is 33.5 Å². The summed E-state index contributed by atoms with van der Waals surface area (Å²) in [6.45, 7) is 7.59. The molecule has 0 bridgehead atoms. The lowest BCUT2D eigenvalue weighted by atomic mass is 9.80. The first-order chi connectivity index (χ1) is 14.9. The summed E-state index contributed by atoms with van der Waals surface area (Å²) >= 11 is 0. The fraction of sp³-hybridized carbons (Fsp3) is 0.409. The molecule has 0 saturated heterocycles. The SMILES string of the molecule is COC(=O)C1=C(C)NC(C)=C(C(=O)OCOC(=O)C(C)(C)C)[C@H]1c1cccc([N+](=O)[O-])c1. The summed E-state index contributed by atoms with van der Waals surface area (Å²) in [6.07, 6.45) is 0. The van der Waals surface area contributed by atoms with E-state index in [9.17, 15) is 24.5 Å². The first-order valence-electron chi connectivity index (χ1n) is 9.74. The Hall–Kier alpha value is -3.69. The molecule has 1 aromatic rings. The van der Waals surface area contributed by atoms with Crippen molar-refractivity contribution in [2.75, 3.05) is 13.9 Å². The maximum atomic E-state index is 13.0. The van der Waals surface area contributed by atoms with E-state index in [1.165, 1.54) is 25.3 Å². The Morgan fingerprint density at radius 1 is 1.06 bits per heavy atom. The maximum Gasteiger partial charge on any atom is 0.339 e. The van der Waals surface area contributed by atoms with E-state index in [4.69, 9.17) is 14.2 Å². The summed E-state index contributed by atoms with van der Waals surface area (Å²) in [4.78, 5) is 48.2. The summed E-state index contributed by atoms with van der Waals surface area (Å²) < 4.78 is 15.0. The zero-order valence-electron chi connectivity index (χ0n) is 18.8. The standard InChI is InChI=1S/C22H26N2O8/c1-12-16(19(25)30-6)18(14-8-7-9-15(10-14)24(28)29)17(13(2)23-12)20(26)31-11-32-21(27)22(3,4)5/h7-10,18,23H,11H2,1-6H3/t18-/m0/s1. The summed E-state index contributed by atoms with van der Waals surface area (Å²) in [5.41, 5.74) is 0.323. The van der Waals surface area contributed by atoms with Gasteiger partial charge in [0.25, 0.3) is 5.69 Å². The number of carbonyl (C=O) groups is 3. The number of nitro groups is 1. The van der Waals surface area contributed by atoms with E-state index in [0.29, 0.717) is 17.0 Å². The van der Waals surface area contributed by atoms with Crippen molar-refractivity contribution in [3.8, 4) is 0 Å². The van der Waals surface area contributed by atoms with Gasteiger partial charge < -0.3 is 19.5 Å². The minimum absolute atomic E-state index is 0.0447. The second-order valence-electron chi connectivity index (χ2n) is 8.21. The molecule has 0 aromatic heterocycles. The molecule has 2 rings (SSSR count). The van der Waals surface area contributed by atoms with Gasteiger partial charge in [0.05, 0.1) is 34.5 Å². The molecule has 32 heavy (non-hydrogen) atoms. The fourth-order valence-corrected chi connectivity index (χ4v) is 3.23. The third-order valence-electron chi connectivity index (χ3n) is 4.79. The van der Waals surface area contributed by atoms with Gasteiger partial charge in [0, 0.05) is 23.5 Å². The maximum absolute atomic E-state index is 13.0. The number of carbonyl (C=O) groups excluding carboxylic acids is 3. The van der Waals surface area contributed by atoms with Crippen LogP contribution in [0.15, 0.2) is 46.8 Å². The van der Waals surface area contributed by atoms with Crippen LogP contribution in [0.3, 0.4) is 0 Å². The van der Waals surface area contributed by atoms with Gasteiger partial charge in [-0.05, 0) is 40.2 Å². The van der Waals surface area contributed by atoms with E-state index in [0.717, 1.165) is 0 Å². The predicted octanol–water partition coefficient (Wildman–Crippen LogP) is 3.09. The summed E-state index contributed by atoms with van der Waals surface area (Å²) in [5.74, 6) is -3.10. The molecule has 0 unspecified atom stereocenters. The molecule has 1 aliphatic rings. The highest BCUT2D eigenvalue weighted by Crippen LogP contribution is 2.40. The van der Waals surface area contributed by atoms with Crippen LogP contribution in [0, 0.1) is 15.5 Å². The van der Waals surface area contributed by atoms with Crippen LogP contribution in [0.5, 0.6) is 0 Å². The van der Waals surface area contributed by atoms with Gasteiger partial charge in [-0.2, -0.15) is 0 Å². The Labute approximate surface area is 185 Å². The Bertz CT molecular complexity index is 1020. The van der Waals surface area contributed by atoms with Gasteiger partial charge in [0.1, 0.15) is 0 Å². The molecule has 0 radical (unpaired) electrons. The Morgan fingerprint density at radius 3 is 2.19 bits per heavy atom. The van der Waals surface area contributed by atoms with E-state index in [1.54, 1.807) is 40.7 Å². The number of non-ortho nitro benzene ring substituents is 1. The second kappa shape index (κ2) is 9.63. The third kappa shape index (κ3) is 5.32. The van der Waals surface area contributed by atoms with Gasteiger partial charge in [-0.15, -0.1) is 0 Å². The normalized spacial score (nSPS) is 16.2. The highest BCUT2D eigenvalue weighted by molar-refractivity contribution is 5.99. The molecule has 1 atom stereocenters. The van der Waals surface area contributed by atoms with Gasteiger partial charge >= 0.3 is 17.9 Å². The summed E-state index contributed by atoms with van der Waals surface area (Å²) in [7, 11) is 1.20. The zero-order chi connectivity index (χ0) is 24.2. The van der Waals surface area contributed by atoms with Crippen LogP contribution in [0.25, 0.3) is 0 Å². The smallest absolute Gasteiger partial charge is 0.339 e. The van der Waals surface area contributed by atoms with Crippen LogP contribution >= 0.6 is 0 Å². The summed E-state index contributed by atoms with van der Waals surface area (Å²) in [6, 6.07) is 5.62. The third-order valence-corrected chi connectivity index (χ3v) is 4.79. The number of methoxy groups -OCH3 is 1. The molecular weight excluding hydrogens is 420 g/mol. The highest BCUT2D eigenvalue weighted by atomic mass is 16.7. The molecule has 0 amide bonds. The first-order valence-corrected chi connectivity index (χ1v) is 9.74. The van der Waals surface area contributed by atoms with Crippen molar-refractivity contribution in [3.63, 3.8) is 0 Å². The molecule has 0 aliphatic carbocycles. The molecule has 1 heterocycles. The average Bonchev–Trinajstić information content (AvgIpc) is 2.71. The second-order valence-corrected chi connectivity index (χ2v) is 8.21. The highest BCUT2D eigenvalue weighted by Gasteiger charge is 2.38. The van der Waals surface area contributed by atoms with Gasteiger partial charge in [0.2, 0.25) is 6.79 Å². The Morgan fingerprint density at radius 2 is 1.66 bits per heavy atom. The number of rotatable bonds is 6. The van der Waals surface area contributed by atoms with Crippen molar-refractivity contribution >= 4 is 23.6 Å². The van der Waals surface area contributed by atoms with Crippen molar-refractivity contribution in [2.24, 2.45) is 5.41 Å². The molecule has 0 spiro atoms. The predicted molar refractivity (Wildman–Crippen MR) is 113 cm³/mol. The van der Waals surface area contributed by atoms with Crippen molar-refractivity contribution in [3.05, 3.63) is 62.5 Å². The number of hydrogen-bond acceptors (Lipinski definition) is 9. The van der Waals surface area contributed by atoms with E-state index in [1.807, 2.05) is 0 Å². The minimum atomic E-state index is -0.991. The molecule has 172 valence electrons. The Kier molecular flexibility index (Phi) is 7.40. The largest absolute Gasteiger partial charge is 0.466 e. The van der Waals surface area contributed by atoms with Crippen LogP contribution in [0.2, 0.25) is 0 Å². The van der Waals surface area contributed by atoms with E-state index < -0.39 is 41.0 Å². The van der Waals surface area contributed by atoms with Crippen molar-refractivity contribution in [1.29, 1.82) is 0 Å². The number of nitrogens with one attached hydrogen (secondary N) is 1. The van der Waals surface area contributed by atoms with Gasteiger partial charge in [-0.1, -0.05) is 12.1 Å². The molecule has 0 saturated carbocycles. The van der Waals surface area contributed by atoms with Crippen LogP contribution < -0.4 is 5.32 Å². The van der Waals surface area contributed by atoms with Gasteiger partial charge in [0.15, 0.2) is 0 Å². The quantitative estimate of drug-likeness (QED) is 0.303. The minimum Gasteiger partial charge on any atom is -0.466 e. The number of allylic oxidation sites excluding steroid dienone is 2. The first kappa shape index (κ1) is 24.6. The van der Waals surface area contributed by atoms with Crippen LogP contribution in [-0.4, -0.2) is 36.7 Å². The molecule has 1 N–H and O–H groups in total. The van der Waals surface area contributed by atoms with Gasteiger partial charge in [-0.3, -0.25) is 14.9 Å². The number of esters is 3. The number of hydrogen-bond donors (Lipinski definition) is 1. The van der Waals surface area contributed by atoms with Crippen molar-refractivity contribution in [1.82, 2.24) is 5.32 Å². The number of dihydropyridines is 1. The Balaban J connectivity index is 2.46. The van der Waals surface area contributed by atoms with Crippen LogP contribution in [-0.2, 0) is 28.6 Å². The molecule has 0 fully saturated rings. The monoisotopic (exact) mass is 446 g/mol. The lowest BCUT2D eigenvalue weighted by Crippen LogP contribution is -2.33. The van der Waals surface area contributed by atoms with Gasteiger partial charge in [-0.25, -0.2) is 9.59 Å². The summed E-state index contributed by atoms with van der Waals surface area (Å²) in [5, 5.41) is 14.2. The number of ether oxygens (including phenoxy) is 3. The molecule has 10 heteroatoms. The topological polar surface area (TPSA) is 134 Å². The molecular formula is C22H26N2O8. The average molecular weight is 446 g/mol. The number of nitro benzene ring substituents is 1. The molecule has 1 aromatic carbocycles. The zero-order valence-corrected chi connectivity index (χ0v) is 18.8. The molecule has 10 nitrogen and oxygen atoms in total. The van der Waals surface area contributed by atoms with E-state index in [2.05, 4.69) is 5.32 Å². The van der Waals surface area contributed by atoms with E-state index in [-0.39, 0.29) is 16.8 Å². The lowest BCUT2D eigenvalue weighted by molar-refractivity contribution is -0.384. The number of nitrogens with zero attached hydrogens (tertiary/aromatic N) is 1.